The number of Topliss-reactive ketones (excluding diaryl/α,β-unsaturated/α-hetero) is 1. The van der Waals surface area contributed by atoms with Crippen LogP contribution in [0.5, 0.6) is 0 Å². The molecule has 1 aromatic heterocycles. The number of ketones is 1. The van der Waals surface area contributed by atoms with Gasteiger partial charge in [-0.1, -0.05) is 19.9 Å². The van der Waals surface area contributed by atoms with Crippen molar-refractivity contribution in [3.8, 4) is 0 Å². The highest BCUT2D eigenvalue weighted by atomic mass is 79.9. The largest absolute Gasteiger partial charge is 0.299 e. The quantitative estimate of drug-likeness (QED) is 0.777. The highest BCUT2D eigenvalue weighted by Gasteiger charge is 2.38. The van der Waals surface area contributed by atoms with Crippen molar-refractivity contribution in [2.45, 2.75) is 39.5 Å². The second-order valence-electron chi connectivity index (χ2n) is 5.52. The van der Waals surface area contributed by atoms with Crippen molar-refractivity contribution in [3.63, 3.8) is 0 Å². The third kappa shape index (κ3) is 2.76. The van der Waals surface area contributed by atoms with E-state index in [4.69, 9.17) is 0 Å². The third-order valence-electron chi connectivity index (χ3n) is 3.84. The van der Waals surface area contributed by atoms with Gasteiger partial charge in [0.1, 0.15) is 10.4 Å². The summed E-state index contributed by atoms with van der Waals surface area (Å²) in [6.45, 7) is 4.41. The van der Waals surface area contributed by atoms with Gasteiger partial charge in [0.2, 0.25) is 0 Å². The Hall–Kier alpha value is -0.700. The molecule has 1 saturated carbocycles. The molecule has 2 nitrogen and oxygen atoms in total. The molecule has 0 radical (unpaired) electrons. The molecule has 0 amide bonds. The molecular weight excluding hydrogens is 278 g/mol. The fraction of sp³-hybridized carbons (Fsp3) is 0.571. The van der Waals surface area contributed by atoms with Crippen LogP contribution in [0.25, 0.3) is 0 Å². The molecule has 1 aromatic rings. The Kier molecular flexibility index (Phi) is 3.67. The van der Waals surface area contributed by atoms with Crippen LogP contribution in [0, 0.1) is 11.3 Å². The minimum Gasteiger partial charge on any atom is -0.299 e. The van der Waals surface area contributed by atoms with Crippen molar-refractivity contribution < 1.29 is 4.79 Å². The van der Waals surface area contributed by atoms with Crippen molar-refractivity contribution in [3.05, 3.63) is 28.5 Å². The SMILES string of the molecule is CC1(C)CCCC(=O)C1Cc1cccnc1Br. The van der Waals surface area contributed by atoms with Gasteiger partial charge in [-0.2, -0.15) is 0 Å². The van der Waals surface area contributed by atoms with Crippen LogP contribution in [-0.2, 0) is 11.2 Å². The van der Waals surface area contributed by atoms with E-state index in [1.165, 1.54) is 0 Å². The van der Waals surface area contributed by atoms with E-state index in [1.54, 1.807) is 6.20 Å². The van der Waals surface area contributed by atoms with Gasteiger partial charge in [0.15, 0.2) is 0 Å². The number of rotatable bonds is 2. The van der Waals surface area contributed by atoms with Crippen LogP contribution in [0.15, 0.2) is 22.9 Å². The zero-order chi connectivity index (χ0) is 12.5. The number of hydrogen-bond acceptors (Lipinski definition) is 2. The lowest BCUT2D eigenvalue weighted by atomic mass is 9.66. The summed E-state index contributed by atoms with van der Waals surface area (Å²) in [4.78, 5) is 16.3. The van der Waals surface area contributed by atoms with Gasteiger partial charge in [-0.3, -0.25) is 4.79 Å². The highest BCUT2D eigenvalue weighted by Crippen LogP contribution is 2.40. The molecule has 0 N–H and O–H groups in total. The van der Waals surface area contributed by atoms with Crippen LogP contribution >= 0.6 is 15.9 Å². The van der Waals surface area contributed by atoms with E-state index in [-0.39, 0.29) is 11.3 Å². The first-order valence-corrected chi connectivity index (χ1v) is 6.92. The summed E-state index contributed by atoms with van der Waals surface area (Å²) < 4.78 is 0.870. The lowest BCUT2D eigenvalue weighted by molar-refractivity contribution is -0.129. The Labute approximate surface area is 111 Å². The number of carbonyl (C=O) groups excluding carboxylic acids is 1. The molecule has 1 atom stereocenters. The highest BCUT2D eigenvalue weighted by molar-refractivity contribution is 9.10. The van der Waals surface area contributed by atoms with Crippen molar-refractivity contribution in [1.82, 2.24) is 4.98 Å². The van der Waals surface area contributed by atoms with E-state index in [1.807, 2.05) is 6.07 Å². The molecule has 0 aliphatic heterocycles. The standard InChI is InChI=1S/C14H18BrNO/c1-14(2)7-3-6-12(17)11(14)9-10-5-4-8-16-13(10)15/h4-5,8,11H,3,6-7,9H2,1-2H3. The van der Waals surface area contributed by atoms with Crippen LogP contribution in [0.1, 0.15) is 38.7 Å². The Bertz CT molecular complexity index is 428. The van der Waals surface area contributed by atoms with Crippen molar-refractivity contribution in [2.75, 3.05) is 0 Å². The lowest BCUT2D eigenvalue weighted by Crippen LogP contribution is -2.36. The molecule has 1 aliphatic carbocycles. The van der Waals surface area contributed by atoms with Crippen LogP contribution in [0.3, 0.4) is 0 Å². The van der Waals surface area contributed by atoms with Crippen LogP contribution in [0.4, 0.5) is 0 Å². The molecule has 0 bridgehead atoms. The predicted molar refractivity (Wildman–Crippen MR) is 71.8 cm³/mol. The molecule has 2 rings (SSSR count). The Morgan fingerprint density at radius 3 is 2.94 bits per heavy atom. The summed E-state index contributed by atoms with van der Waals surface area (Å²) in [6.07, 6.45) is 5.49. The van der Waals surface area contributed by atoms with Crippen molar-refractivity contribution in [2.24, 2.45) is 11.3 Å². The molecule has 1 unspecified atom stereocenters. The maximum absolute atomic E-state index is 12.1. The van der Waals surface area contributed by atoms with Crippen molar-refractivity contribution in [1.29, 1.82) is 0 Å². The van der Waals surface area contributed by atoms with Crippen molar-refractivity contribution >= 4 is 21.7 Å². The van der Waals surface area contributed by atoms with Gasteiger partial charge in [0.05, 0.1) is 0 Å². The number of nitrogens with zero attached hydrogens (tertiary/aromatic N) is 1. The summed E-state index contributed by atoms with van der Waals surface area (Å²) in [7, 11) is 0. The summed E-state index contributed by atoms with van der Waals surface area (Å²) in [5.74, 6) is 0.550. The molecule has 0 saturated heterocycles. The Morgan fingerprint density at radius 2 is 2.29 bits per heavy atom. The minimum absolute atomic E-state index is 0.116. The molecule has 17 heavy (non-hydrogen) atoms. The molecule has 3 heteroatoms. The molecule has 0 aromatic carbocycles. The van der Waals surface area contributed by atoms with Gasteiger partial charge < -0.3 is 0 Å². The lowest BCUT2D eigenvalue weighted by Gasteiger charge is -2.37. The van der Waals surface area contributed by atoms with Gasteiger partial charge in [0, 0.05) is 18.5 Å². The van der Waals surface area contributed by atoms with E-state index in [9.17, 15) is 4.79 Å². The zero-order valence-electron chi connectivity index (χ0n) is 10.4. The second kappa shape index (κ2) is 4.89. The maximum Gasteiger partial charge on any atom is 0.136 e. The number of carbonyl (C=O) groups is 1. The molecule has 0 spiro atoms. The Morgan fingerprint density at radius 1 is 1.53 bits per heavy atom. The number of pyridine rings is 1. The van der Waals surface area contributed by atoms with Gasteiger partial charge in [-0.15, -0.1) is 0 Å². The van der Waals surface area contributed by atoms with E-state index < -0.39 is 0 Å². The first kappa shape index (κ1) is 12.7. The van der Waals surface area contributed by atoms with Gasteiger partial charge in [-0.05, 0) is 52.2 Å². The minimum atomic E-state index is 0.116. The van der Waals surface area contributed by atoms with Gasteiger partial charge >= 0.3 is 0 Å². The first-order valence-electron chi connectivity index (χ1n) is 6.13. The fourth-order valence-electron chi connectivity index (χ4n) is 2.68. The average molecular weight is 296 g/mol. The molecule has 1 heterocycles. The van der Waals surface area contributed by atoms with Crippen LogP contribution in [0.2, 0.25) is 0 Å². The maximum atomic E-state index is 12.1. The number of aromatic nitrogens is 1. The topological polar surface area (TPSA) is 30.0 Å². The third-order valence-corrected chi connectivity index (χ3v) is 4.55. The summed E-state index contributed by atoms with van der Waals surface area (Å²) in [5, 5.41) is 0. The van der Waals surface area contributed by atoms with Gasteiger partial charge in [-0.25, -0.2) is 4.98 Å². The van der Waals surface area contributed by atoms with E-state index in [0.29, 0.717) is 5.78 Å². The fourth-order valence-corrected chi connectivity index (χ4v) is 3.10. The molecule has 1 fully saturated rings. The normalized spacial score (nSPS) is 23.7. The number of hydrogen-bond donors (Lipinski definition) is 0. The molecular formula is C14H18BrNO. The van der Waals surface area contributed by atoms with E-state index >= 15 is 0 Å². The van der Waals surface area contributed by atoms with E-state index in [0.717, 1.165) is 35.8 Å². The average Bonchev–Trinajstić information content (AvgIpc) is 2.25. The summed E-state index contributed by atoms with van der Waals surface area (Å²) in [6, 6.07) is 3.98. The summed E-state index contributed by atoms with van der Waals surface area (Å²) in [5.41, 5.74) is 1.26. The smallest absolute Gasteiger partial charge is 0.136 e. The van der Waals surface area contributed by atoms with Crippen LogP contribution < -0.4 is 0 Å². The molecule has 1 aliphatic rings. The monoisotopic (exact) mass is 295 g/mol. The second-order valence-corrected chi connectivity index (χ2v) is 6.27. The number of halogens is 1. The predicted octanol–water partition coefficient (Wildman–Crippen LogP) is 3.78. The van der Waals surface area contributed by atoms with E-state index in [2.05, 4.69) is 40.8 Å². The van der Waals surface area contributed by atoms with Gasteiger partial charge in [0.25, 0.3) is 0 Å². The van der Waals surface area contributed by atoms with Crippen LogP contribution in [-0.4, -0.2) is 10.8 Å². The first-order chi connectivity index (χ1) is 8.00. The Balaban J connectivity index is 2.22. The molecule has 92 valence electrons. The zero-order valence-corrected chi connectivity index (χ0v) is 12.0. The summed E-state index contributed by atoms with van der Waals surface area (Å²) >= 11 is 3.46.